The third-order valence-corrected chi connectivity index (χ3v) is 2.93. The second kappa shape index (κ2) is 5.00. The molecule has 2 rings (SSSR count). The molecule has 0 unspecified atom stereocenters. The second-order valence-corrected chi connectivity index (χ2v) is 4.11. The van der Waals surface area contributed by atoms with Gasteiger partial charge >= 0.3 is 5.82 Å². The van der Waals surface area contributed by atoms with E-state index in [1.165, 1.54) is 0 Å². The fourth-order valence-corrected chi connectivity index (χ4v) is 2.07. The molecule has 0 atom stereocenters. The van der Waals surface area contributed by atoms with Crippen molar-refractivity contribution in [1.29, 1.82) is 0 Å². The minimum Gasteiger partial charge on any atom is -0.358 e. The number of benzene rings is 1. The summed E-state index contributed by atoms with van der Waals surface area (Å²) in [6, 6.07) is 9.88. The largest absolute Gasteiger partial charge is 0.385 e. The minimum absolute atomic E-state index is 0.0223. The summed E-state index contributed by atoms with van der Waals surface area (Å²) in [5, 5.41) is 10.9. The highest BCUT2D eigenvalue weighted by atomic mass is 16.6. The molecule has 18 heavy (non-hydrogen) atoms. The number of aryl methyl sites for hydroxylation is 1. The van der Waals surface area contributed by atoms with Crippen LogP contribution < -0.4 is 0 Å². The average molecular weight is 245 g/mol. The van der Waals surface area contributed by atoms with Crippen LogP contribution in [-0.4, -0.2) is 14.5 Å². The van der Waals surface area contributed by atoms with E-state index >= 15 is 0 Å². The van der Waals surface area contributed by atoms with Crippen LogP contribution >= 0.6 is 0 Å². The molecule has 0 spiro atoms. The molecule has 0 N–H and O–H groups in total. The van der Waals surface area contributed by atoms with Crippen molar-refractivity contribution >= 4 is 5.82 Å². The third kappa shape index (κ3) is 2.25. The van der Waals surface area contributed by atoms with Gasteiger partial charge in [-0.15, -0.1) is 0 Å². The van der Waals surface area contributed by atoms with E-state index in [-0.39, 0.29) is 5.82 Å². The lowest BCUT2D eigenvalue weighted by Gasteiger charge is -2.06. The maximum atomic E-state index is 10.9. The predicted octanol–water partition coefficient (Wildman–Crippen LogP) is 2.71. The van der Waals surface area contributed by atoms with Crippen LogP contribution in [0.2, 0.25) is 0 Å². The van der Waals surface area contributed by atoms with E-state index in [0.29, 0.717) is 24.5 Å². The van der Waals surface area contributed by atoms with Gasteiger partial charge in [0, 0.05) is 6.92 Å². The fourth-order valence-electron chi connectivity index (χ4n) is 2.07. The van der Waals surface area contributed by atoms with Crippen LogP contribution in [0.5, 0.6) is 0 Å². The van der Waals surface area contributed by atoms with Gasteiger partial charge in [-0.1, -0.05) is 37.3 Å². The van der Waals surface area contributed by atoms with Crippen molar-refractivity contribution in [3.8, 4) is 0 Å². The molecule has 0 bridgehead atoms. The van der Waals surface area contributed by atoms with Crippen molar-refractivity contribution in [2.24, 2.45) is 0 Å². The molecule has 5 nitrogen and oxygen atoms in total. The van der Waals surface area contributed by atoms with E-state index in [4.69, 9.17) is 0 Å². The Morgan fingerprint density at radius 3 is 2.56 bits per heavy atom. The van der Waals surface area contributed by atoms with Crippen molar-refractivity contribution in [3.05, 3.63) is 57.5 Å². The Labute approximate surface area is 105 Å². The zero-order chi connectivity index (χ0) is 13.1. The van der Waals surface area contributed by atoms with Gasteiger partial charge in [-0.2, -0.15) is 0 Å². The van der Waals surface area contributed by atoms with Crippen molar-refractivity contribution in [1.82, 2.24) is 9.55 Å². The summed E-state index contributed by atoms with van der Waals surface area (Å²) in [7, 11) is 0. The first-order valence-electron chi connectivity index (χ1n) is 5.87. The lowest BCUT2D eigenvalue weighted by atomic mass is 10.2. The van der Waals surface area contributed by atoms with Crippen molar-refractivity contribution < 1.29 is 4.92 Å². The normalized spacial score (nSPS) is 10.6. The lowest BCUT2D eigenvalue weighted by Crippen LogP contribution is -2.06. The van der Waals surface area contributed by atoms with Gasteiger partial charge in [-0.25, -0.2) is 0 Å². The molecule has 94 valence electrons. The number of aromatic nitrogens is 2. The van der Waals surface area contributed by atoms with E-state index in [0.717, 1.165) is 5.56 Å². The Bertz CT molecular complexity index is 561. The molecule has 0 radical (unpaired) electrons. The Balaban J connectivity index is 2.41. The highest BCUT2D eigenvalue weighted by molar-refractivity contribution is 5.31. The van der Waals surface area contributed by atoms with Gasteiger partial charge in [0.05, 0.1) is 6.54 Å². The molecule has 0 saturated heterocycles. The second-order valence-electron chi connectivity index (χ2n) is 4.11. The van der Waals surface area contributed by atoms with E-state index in [9.17, 15) is 10.1 Å². The molecule has 0 aliphatic carbocycles. The van der Waals surface area contributed by atoms with Crippen LogP contribution in [0.1, 0.15) is 24.0 Å². The standard InChI is InChI=1S/C13H15N3O2/c1-3-12-13(16(17)18)14-10(2)15(12)9-11-7-5-4-6-8-11/h4-8H,3,9H2,1-2H3. The number of imidazole rings is 1. The van der Waals surface area contributed by atoms with Gasteiger partial charge < -0.3 is 14.7 Å². The van der Waals surface area contributed by atoms with Crippen LogP contribution in [-0.2, 0) is 13.0 Å². The highest BCUT2D eigenvalue weighted by Gasteiger charge is 2.23. The van der Waals surface area contributed by atoms with E-state index in [1.807, 2.05) is 41.8 Å². The minimum atomic E-state index is -0.409. The quantitative estimate of drug-likeness (QED) is 0.614. The van der Waals surface area contributed by atoms with Gasteiger partial charge in [-0.05, 0) is 21.9 Å². The molecule has 0 aliphatic heterocycles. The Morgan fingerprint density at radius 2 is 2.00 bits per heavy atom. The Hall–Kier alpha value is -2.17. The zero-order valence-corrected chi connectivity index (χ0v) is 10.5. The van der Waals surface area contributed by atoms with Crippen molar-refractivity contribution in [2.45, 2.75) is 26.8 Å². The van der Waals surface area contributed by atoms with Crippen LogP contribution in [0.25, 0.3) is 0 Å². The molecule has 1 heterocycles. The number of rotatable bonds is 4. The molecular formula is C13H15N3O2. The van der Waals surface area contributed by atoms with Crippen molar-refractivity contribution in [2.75, 3.05) is 0 Å². The highest BCUT2D eigenvalue weighted by Crippen LogP contribution is 2.21. The summed E-state index contributed by atoms with van der Waals surface area (Å²) >= 11 is 0. The summed E-state index contributed by atoms with van der Waals surface area (Å²) < 4.78 is 1.91. The number of hydrogen-bond acceptors (Lipinski definition) is 3. The van der Waals surface area contributed by atoms with E-state index in [2.05, 4.69) is 4.98 Å². The van der Waals surface area contributed by atoms with E-state index in [1.54, 1.807) is 6.92 Å². The average Bonchev–Trinajstić information content (AvgIpc) is 2.68. The first kappa shape index (κ1) is 12.3. The van der Waals surface area contributed by atoms with Crippen molar-refractivity contribution in [3.63, 3.8) is 0 Å². The first-order valence-corrected chi connectivity index (χ1v) is 5.87. The molecule has 0 saturated carbocycles. The Kier molecular flexibility index (Phi) is 3.41. The number of nitrogens with zero attached hydrogens (tertiary/aromatic N) is 3. The molecule has 1 aromatic heterocycles. The zero-order valence-electron chi connectivity index (χ0n) is 10.5. The Morgan fingerprint density at radius 1 is 1.33 bits per heavy atom. The first-order chi connectivity index (χ1) is 8.63. The summed E-state index contributed by atoms with van der Waals surface area (Å²) in [4.78, 5) is 14.6. The van der Waals surface area contributed by atoms with Gasteiger partial charge in [-0.3, -0.25) is 0 Å². The van der Waals surface area contributed by atoms with Gasteiger partial charge in [0.25, 0.3) is 0 Å². The smallest absolute Gasteiger partial charge is 0.358 e. The summed E-state index contributed by atoms with van der Waals surface area (Å²) in [6.07, 6.45) is 0.601. The molecule has 1 aromatic carbocycles. The third-order valence-electron chi connectivity index (χ3n) is 2.93. The maximum Gasteiger partial charge on any atom is 0.385 e. The number of nitro groups is 1. The van der Waals surface area contributed by atoms with Crippen LogP contribution in [0.4, 0.5) is 5.82 Å². The lowest BCUT2D eigenvalue weighted by molar-refractivity contribution is -0.390. The van der Waals surface area contributed by atoms with E-state index < -0.39 is 4.92 Å². The van der Waals surface area contributed by atoms with Crippen LogP contribution in [0.3, 0.4) is 0 Å². The van der Waals surface area contributed by atoms with Crippen LogP contribution in [0, 0.1) is 17.0 Å². The summed E-state index contributed by atoms with van der Waals surface area (Å²) in [6.45, 7) is 4.33. The SMILES string of the molecule is CCc1c([N+](=O)[O-])nc(C)n1Cc1ccccc1. The van der Waals surface area contributed by atoms with Gasteiger partial charge in [0.15, 0.2) is 0 Å². The monoisotopic (exact) mass is 245 g/mol. The van der Waals surface area contributed by atoms with Gasteiger partial charge in [0.1, 0.15) is 5.69 Å². The molecule has 5 heteroatoms. The fraction of sp³-hybridized carbons (Fsp3) is 0.308. The van der Waals surface area contributed by atoms with Crippen LogP contribution in [0.15, 0.2) is 30.3 Å². The molecule has 0 aliphatic rings. The van der Waals surface area contributed by atoms with Gasteiger partial charge in [0.2, 0.25) is 5.82 Å². The molecule has 2 aromatic rings. The molecule has 0 amide bonds. The number of hydrogen-bond donors (Lipinski definition) is 0. The maximum absolute atomic E-state index is 10.9. The topological polar surface area (TPSA) is 61.0 Å². The summed E-state index contributed by atoms with van der Waals surface area (Å²) in [5.74, 6) is 0.660. The predicted molar refractivity (Wildman–Crippen MR) is 68.5 cm³/mol. The molecular weight excluding hydrogens is 230 g/mol. The molecule has 0 fully saturated rings. The summed E-state index contributed by atoms with van der Waals surface area (Å²) in [5.41, 5.74) is 1.80.